The molecule has 1 N–H and O–H groups in total. The van der Waals surface area contributed by atoms with Crippen LogP contribution in [0.5, 0.6) is 0 Å². The van der Waals surface area contributed by atoms with Crippen LogP contribution in [0.25, 0.3) is 0 Å². The number of carbonyl (C=O) groups excluding carboxylic acids is 4. The molecule has 0 unspecified atom stereocenters. The van der Waals surface area contributed by atoms with E-state index in [1.165, 1.54) is 33.8 Å². The molecular weight excluding hydrogens is 362 g/mol. The number of ether oxygens (including phenoxy) is 5. The molecule has 0 aliphatic carbocycles. The van der Waals surface area contributed by atoms with Gasteiger partial charge in [-0.15, -0.1) is 6.58 Å². The van der Waals surface area contributed by atoms with Gasteiger partial charge >= 0.3 is 17.9 Å². The van der Waals surface area contributed by atoms with E-state index < -0.39 is 54.5 Å². The fourth-order valence-electron chi connectivity index (χ4n) is 2.60. The first kappa shape index (κ1) is 22.6. The highest BCUT2D eigenvalue weighted by atomic mass is 16.7. The van der Waals surface area contributed by atoms with E-state index in [2.05, 4.69) is 11.9 Å². The Morgan fingerprint density at radius 2 is 1.59 bits per heavy atom. The Labute approximate surface area is 157 Å². The van der Waals surface area contributed by atoms with Crippen LogP contribution in [-0.4, -0.2) is 67.7 Å². The van der Waals surface area contributed by atoms with E-state index in [0.717, 1.165) is 0 Å². The largest absolute Gasteiger partial charge is 0.463 e. The van der Waals surface area contributed by atoms with E-state index >= 15 is 0 Å². The molecule has 1 aliphatic rings. The summed E-state index contributed by atoms with van der Waals surface area (Å²) in [6, 6.07) is -0.968. The lowest BCUT2D eigenvalue weighted by Gasteiger charge is -2.44. The van der Waals surface area contributed by atoms with Gasteiger partial charge < -0.3 is 29.0 Å². The molecule has 5 atom stereocenters. The second-order valence-electron chi connectivity index (χ2n) is 5.84. The summed E-state index contributed by atoms with van der Waals surface area (Å²) < 4.78 is 26.8. The van der Waals surface area contributed by atoms with Gasteiger partial charge in [0.05, 0.1) is 6.61 Å². The van der Waals surface area contributed by atoms with Crippen molar-refractivity contribution < 1.29 is 42.9 Å². The molecule has 0 aromatic heterocycles. The highest BCUT2D eigenvalue weighted by Crippen LogP contribution is 2.27. The fourth-order valence-corrected chi connectivity index (χ4v) is 2.60. The molecular formula is C17H25NO9. The minimum Gasteiger partial charge on any atom is -0.463 e. The van der Waals surface area contributed by atoms with E-state index in [1.807, 2.05) is 0 Å². The van der Waals surface area contributed by atoms with Gasteiger partial charge in [-0.2, -0.15) is 0 Å². The number of hydrogen-bond acceptors (Lipinski definition) is 9. The van der Waals surface area contributed by atoms with Gasteiger partial charge in [-0.25, -0.2) is 0 Å². The first-order valence-electron chi connectivity index (χ1n) is 8.28. The normalized spacial score (nSPS) is 27.2. The Morgan fingerprint density at radius 3 is 2.07 bits per heavy atom. The molecule has 1 fully saturated rings. The molecule has 0 aromatic rings. The molecule has 10 nitrogen and oxygen atoms in total. The smallest absolute Gasteiger partial charge is 0.303 e. The van der Waals surface area contributed by atoms with Gasteiger partial charge in [0.15, 0.2) is 18.5 Å². The molecule has 0 aromatic carbocycles. The van der Waals surface area contributed by atoms with Gasteiger partial charge in [0.1, 0.15) is 18.8 Å². The van der Waals surface area contributed by atoms with Crippen LogP contribution in [0.3, 0.4) is 0 Å². The number of esters is 3. The Balaban J connectivity index is 3.24. The third-order valence-electron chi connectivity index (χ3n) is 3.45. The number of rotatable bonds is 8. The van der Waals surface area contributed by atoms with Crippen molar-refractivity contribution in [1.29, 1.82) is 0 Å². The Kier molecular flexibility index (Phi) is 8.89. The van der Waals surface area contributed by atoms with E-state index in [9.17, 15) is 19.2 Å². The average Bonchev–Trinajstić information content (AvgIpc) is 2.54. The Morgan fingerprint density at radius 1 is 1.00 bits per heavy atom. The van der Waals surface area contributed by atoms with Gasteiger partial charge in [0, 0.05) is 27.7 Å². The molecule has 1 heterocycles. The number of nitrogens with one attached hydrogen (secondary N) is 1. The van der Waals surface area contributed by atoms with Crippen molar-refractivity contribution in [2.45, 2.75) is 58.3 Å². The SMILES string of the molecule is C=CCO[C@@H]1O[C@H](COC(C)=O)[C@H](OC(C)=O)[C@H](OC(C)=O)[C@@H]1NC(C)=O. The topological polar surface area (TPSA) is 126 Å². The minimum absolute atomic E-state index is 0.0755. The maximum absolute atomic E-state index is 11.6. The summed E-state index contributed by atoms with van der Waals surface area (Å²) in [6.45, 7) is 8.16. The van der Waals surface area contributed by atoms with E-state index in [1.54, 1.807) is 0 Å². The monoisotopic (exact) mass is 387 g/mol. The summed E-state index contributed by atoms with van der Waals surface area (Å²) in [4.78, 5) is 46.0. The van der Waals surface area contributed by atoms with Gasteiger partial charge in [-0.3, -0.25) is 19.2 Å². The lowest BCUT2D eigenvalue weighted by molar-refractivity contribution is -0.275. The predicted octanol–water partition coefficient (Wildman–Crippen LogP) is -0.155. The molecule has 1 aliphatic heterocycles. The maximum atomic E-state index is 11.6. The Hall–Kier alpha value is -2.46. The van der Waals surface area contributed by atoms with Crippen LogP contribution in [0.1, 0.15) is 27.7 Å². The summed E-state index contributed by atoms with van der Waals surface area (Å²) in [5, 5.41) is 2.59. The van der Waals surface area contributed by atoms with Crippen molar-refractivity contribution in [1.82, 2.24) is 5.32 Å². The highest BCUT2D eigenvalue weighted by Gasteiger charge is 2.51. The first-order chi connectivity index (χ1) is 12.6. The van der Waals surface area contributed by atoms with Gasteiger partial charge in [0.2, 0.25) is 5.91 Å². The summed E-state index contributed by atoms with van der Waals surface area (Å²) in [5.74, 6) is -2.34. The average molecular weight is 387 g/mol. The molecule has 0 spiro atoms. The summed E-state index contributed by atoms with van der Waals surface area (Å²) in [6.07, 6.45) is -2.84. The molecule has 0 saturated carbocycles. The van der Waals surface area contributed by atoms with Crippen molar-refractivity contribution >= 4 is 23.8 Å². The van der Waals surface area contributed by atoms with E-state index in [0.29, 0.717) is 0 Å². The molecule has 0 bridgehead atoms. The second kappa shape index (κ2) is 10.6. The fraction of sp³-hybridized carbons (Fsp3) is 0.647. The predicted molar refractivity (Wildman–Crippen MR) is 90.2 cm³/mol. The molecule has 1 saturated heterocycles. The Bertz CT molecular complexity index is 577. The van der Waals surface area contributed by atoms with Gasteiger partial charge in [0.25, 0.3) is 0 Å². The zero-order valence-corrected chi connectivity index (χ0v) is 15.8. The van der Waals surface area contributed by atoms with Crippen LogP contribution in [-0.2, 0) is 42.9 Å². The van der Waals surface area contributed by atoms with Gasteiger partial charge in [-0.05, 0) is 0 Å². The molecule has 27 heavy (non-hydrogen) atoms. The van der Waals surface area contributed by atoms with Crippen molar-refractivity contribution in [2.75, 3.05) is 13.2 Å². The number of carbonyl (C=O) groups is 4. The summed E-state index contributed by atoms with van der Waals surface area (Å²) in [7, 11) is 0. The third kappa shape index (κ3) is 7.35. The molecule has 152 valence electrons. The molecule has 10 heteroatoms. The highest BCUT2D eigenvalue weighted by molar-refractivity contribution is 5.73. The standard InChI is InChI=1S/C17H25NO9/c1-6-7-23-17-14(18-9(2)19)16(26-12(5)22)15(25-11(4)21)13(27-17)8-24-10(3)20/h6,13-17H,1,7-8H2,2-5H3,(H,18,19)/t13-,14+,15+,16-,17-/m1/s1. The number of hydrogen-bond donors (Lipinski definition) is 1. The van der Waals surface area contributed by atoms with Crippen LogP contribution < -0.4 is 5.32 Å². The van der Waals surface area contributed by atoms with E-state index in [-0.39, 0.29) is 13.2 Å². The molecule has 1 rings (SSSR count). The maximum Gasteiger partial charge on any atom is 0.303 e. The van der Waals surface area contributed by atoms with Crippen LogP contribution in [0.15, 0.2) is 12.7 Å². The minimum atomic E-state index is -1.13. The zero-order valence-electron chi connectivity index (χ0n) is 15.8. The van der Waals surface area contributed by atoms with Crippen molar-refractivity contribution in [3.63, 3.8) is 0 Å². The van der Waals surface area contributed by atoms with Gasteiger partial charge in [-0.1, -0.05) is 6.08 Å². The molecule has 1 amide bonds. The quantitative estimate of drug-likeness (QED) is 0.343. The van der Waals surface area contributed by atoms with E-state index in [4.69, 9.17) is 23.7 Å². The van der Waals surface area contributed by atoms with Crippen LogP contribution >= 0.6 is 0 Å². The molecule has 0 radical (unpaired) electrons. The van der Waals surface area contributed by atoms with Crippen molar-refractivity contribution in [2.24, 2.45) is 0 Å². The van der Waals surface area contributed by atoms with Crippen LogP contribution in [0, 0.1) is 0 Å². The third-order valence-corrected chi connectivity index (χ3v) is 3.45. The van der Waals surface area contributed by atoms with Crippen LogP contribution in [0.2, 0.25) is 0 Å². The van der Waals surface area contributed by atoms with Crippen molar-refractivity contribution in [3.8, 4) is 0 Å². The second-order valence-corrected chi connectivity index (χ2v) is 5.84. The van der Waals surface area contributed by atoms with Crippen LogP contribution in [0.4, 0.5) is 0 Å². The van der Waals surface area contributed by atoms with Crippen molar-refractivity contribution in [3.05, 3.63) is 12.7 Å². The lowest BCUT2D eigenvalue weighted by Crippen LogP contribution is -2.66. The summed E-state index contributed by atoms with van der Waals surface area (Å²) in [5.41, 5.74) is 0. The lowest BCUT2D eigenvalue weighted by atomic mass is 9.96. The number of amides is 1. The first-order valence-corrected chi connectivity index (χ1v) is 8.28. The zero-order chi connectivity index (χ0) is 20.6. The summed E-state index contributed by atoms with van der Waals surface area (Å²) >= 11 is 0.